The number of ether oxygens (including phenoxy) is 1. The lowest BCUT2D eigenvalue weighted by molar-refractivity contribution is -0.384. The molecule has 3 aromatic rings. The maximum atomic E-state index is 11.6. The van der Waals surface area contributed by atoms with E-state index in [4.69, 9.17) is 9.26 Å². The molecule has 0 saturated carbocycles. The third kappa shape index (κ3) is 3.92. The van der Waals surface area contributed by atoms with Gasteiger partial charge in [-0.25, -0.2) is 0 Å². The summed E-state index contributed by atoms with van der Waals surface area (Å²) in [5, 5.41) is 14.6. The molecule has 0 unspecified atom stereocenters. The van der Waals surface area contributed by atoms with E-state index in [-0.39, 0.29) is 29.8 Å². The van der Waals surface area contributed by atoms with Crippen LogP contribution in [0.4, 0.5) is 5.69 Å². The molecule has 0 amide bonds. The summed E-state index contributed by atoms with van der Waals surface area (Å²) in [6, 6.07) is 12.8. The highest BCUT2D eigenvalue weighted by Crippen LogP contribution is 2.22. The van der Waals surface area contributed by atoms with Crippen LogP contribution in [0.1, 0.15) is 29.6 Å². The normalized spacial score (nSPS) is 10.5. The van der Waals surface area contributed by atoms with E-state index in [2.05, 4.69) is 10.1 Å². The molecule has 0 spiro atoms. The van der Waals surface area contributed by atoms with Gasteiger partial charge in [-0.1, -0.05) is 24.2 Å². The average Bonchev–Trinajstić information content (AvgIpc) is 3.15. The van der Waals surface area contributed by atoms with Gasteiger partial charge in [0, 0.05) is 29.7 Å². The lowest BCUT2D eigenvalue weighted by Gasteiger charge is -2.04. The molecule has 132 valence electrons. The van der Waals surface area contributed by atoms with Gasteiger partial charge in [-0.3, -0.25) is 14.9 Å². The minimum atomic E-state index is -0.486. The van der Waals surface area contributed by atoms with Crippen molar-refractivity contribution in [3.8, 4) is 17.1 Å². The van der Waals surface area contributed by atoms with Crippen molar-refractivity contribution < 1.29 is 19.0 Å². The third-order valence-corrected chi connectivity index (χ3v) is 3.64. The summed E-state index contributed by atoms with van der Waals surface area (Å²) in [6.07, 6.45) is 0.447. The number of aromatic nitrogens is 2. The molecule has 8 heteroatoms. The van der Waals surface area contributed by atoms with Crippen LogP contribution in [0.5, 0.6) is 5.75 Å². The predicted molar refractivity (Wildman–Crippen MR) is 91.8 cm³/mol. The van der Waals surface area contributed by atoms with Crippen LogP contribution >= 0.6 is 0 Å². The Hall–Kier alpha value is -3.55. The summed E-state index contributed by atoms with van der Waals surface area (Å²) in [4.78, 5) is 26.1. The quantitative estimate of drug-likeness (QED) is 0.361. The minimum Gasteiger partial charge on any atom is -0.484 e. The van der Waals surface area contributed by atoms with Crippen molar-refractivity contribution in [2.75, 3.05) is 0 Å². The van der Waals surface area contributed by atoms with Gasteiger partial charge in [0.25, 0.3) is 11.6 Å². The summed E-state index contributed by atoms with van der Waals surface area (Å²) in [5.41, 5.74) is 1.06. The second-order valence-corrected chi connectivity index (χ2v) is 5.41. The fraction of sp³-hybridized carbons (Fsp3) is 0.167. The highest BCUT2D eigenvalue weighted by atomic mass is 16.6. The number of Topliss-reactive ketones (excluding diaryl/α,β-unsaturated/α-hetero) is 1. The third-order valence-electron chi connectivity index (χ3n) is 3.64. The van der Waals surface area contributed by atoms with Gasteiger partial charge in [0.05, 0.1) is 4.92 Å². The fourth-order valence-corrected chi connectivity index (χ4v) is 2.28. The Morgan fingerprint density at radius 1 is 1.23 bits per heavy atom. The average molecular weight is 353 g/mol. The van der Waals surface area contributed by atoms with Crippen LogP contribution in [0.25, 0.3) is 11.4 Å². The lowest BCUT2D eigenvalue weighted by atomic mass is 10.1. The number of non-ortho nitro benzene ring substituents is 1. The first kappa shape index (κ1) is 17.3. The molecule has 1 aromatic heterocycles. The zero-order chi connectivity index (χ0) is 18.5. The molecule has 0 atom stereocenters. The Bertz CT molecular complexity index is 934. The highest BCUT2D eigenvalue weighted by molar-refractivity contribution is 5.95. The number of rotatable bonds is 7. The Morgan fingerprint density at radius 2 is 2.00 bits per heavy atom. The van der Waals surface area contributed by atoms with Gasteiger partial charge in [-0.2, -0.15) is 4.98 Å². The number of ketones is 1. The molecule has 0 bridgehead atoms. The van der Waals surface area contributed by atoms with E-state index in [0.29, 0.717) is 23.3 Å². The fourth-order valence-electron chi connectivity index (χ4n) is 2.28. The summed E-state index contributed by atoms with van der Waals surface area (Å²) in [6.45, 7) is 1.85. The first-order chi connectivity index (χ1) is 12.6. The molecular formula is C18H15N3O5. The van der Waals surface area contributed by atoms with E-state index in [0.717, 1.165) is 0 Å². The summed E-state index contributed by atoms with van der Waals surface area (Å²) in [7, 11) is 0. The van der Waals surface area contributed by atoms with Gasteiger partial charge in [0.1, 0.15) is 5.75 Å². The smallest absolute Gasteiger partial charge is 0.270 e. The topological polar surface area (TPSA) is 108 Å². The summed E-state index contributed by atoms with van der Waals surface area (Å²) < 4.78 is 10.7. The zero-order valence-corrected chi connectivity index (χ0v) is 13.9. The molecule has 8 nitrogen and oxygen atoms in total. The van der Waals surface area contributed by atoms with Crippen molar-refractivity contribution in [1.82, 2.24) is 10.1 Å². The summed E-state index contributed by atoms with van der Waals surface area (Å²) >= 11 is 0. The van der Waals surface area contributed by atoms with Crippen LogP contribution in [0.15, 0.2) is 53.1 Å². The van der Waals surface area contributed by atoms with E-state index in [1.165, 1.54) is 12.1 Å². The van der Waals surface area contributed by atoms with Crippen LogP contribution in [-0.2, 0) is 6.61 Å². The van der Waals surface area contributed by atoms with Crippen molar-refractivity contribution in [3.05, 3.63) is 70.1 Å². The summed E-state index contributed by atoms with van der Waals surface area (Å²) in [5.74, 6) is 1.11. The first-order valence-electron chi connectivity index (χ1n) is 7.90. The van der Waals surface area contributed by atoms with Crippen molar-refractivity contribution in [1.29, 1.82) is 0 Å². The van der Waals surface area contributed by atoms with Crippen LogP contribution < -0.4 is 4.74 Å². The number of carbonyl (C=O) groups is 1. The Balaban J connectivity index is 1.66. The molecule has 26 heavy (non-hydrogen) atoms. The number of nitro groups is 1. The molecule has 0 saturated heterocycles. The zero-order valence-electron chi connectivity index (χ0n) is 13.9. The van der Waals surface area contributed by atoms with Crippen LogP contribution in [0.3, 0.4) is 0 Å². The maximum Gasteiger partial charge on any atom is 0.270 e. The molecule has 0 aliphatic rings. The highest BCUT2D eigenvalue weighted by Gasteiger charge is 2.13. The first-order valence-corrected chi connectivity index (χ1v) is 7.90. The Kier molecular flexibility index (Phi) is 5.02. The van der Waals surface area contributed by atoms with Gasteiger partial charge < -0.3 is 9.26 Å². The molecule has 0 fully saturated rings. The van der Waals surface area contributed by atoms with E-state index in [1.54, 1.807) is 43.3 Å². The van der Waals surface area contributed by atoms with Crippen LogP contribution in [0, 0.1) is 10.1 Å². The second kappa shape index (κ2) is 7.56. The van der Waals surface area contributed by atoms with Crippen molar-refractivity contribution >= 4 is 11.5 Å². The molecule has 0 aliphatic carbocycles. The van der Waals surface area contributed by atoms with Crippen molar-refractivity contribution in [2.24, 2.45) is 0 Å². The second-order valence-electron chi connectivity index (χ2n) is 5.41. The SMILES string of the molecule is CCC(=O)c1ccc(OCc2nc(-c3cccc([N+](=O)[O-])c3)no2)cc1. The van der Waals surface area contributed by atoms with Gasteiger partial charge in [0.15, 0.2) is 12.4 Å². The Labute approximate surface area is 148 Å². The largest absolute Gasteiger partial charge is 0.484 e. The maximum absolute atomic E-state index is 11.6. The van der Waals surface area contributed by atoms with E-state index < -0.39 is 4.92 Å². The van der Waals surface area contributed by atoms with Gasteiger partial charge in [-0.15, -0.1) is 0 Å². The minimum absolute atomic E-state index is 0.0446. The van der Waals surface area contributed by atoms with E-state index in [9.17, 15) is 14.9 Å². The van der Waals surface area contributed by atoms with Gasteiger partial charge in [0.2, 0.25) is 5.82 Å². The number of carbonyl (C=O) groups excluding carboxylic acids is 1. The Morgan fingerprint density at radius 3 is 2.69 bits per heavy atom. The van der Waals surface area contributed by atoms with E-state index >= 15 is 0 Å². The van der Waals surface area contributed by atoms with Crippen molar-refractivity contribution in [2.45, 2.75) is 20.0 Å². The molecule has 1 heterocycles. The van der Waals surface area contributed by atoms with Crippen LogP contribution in [-0.4, -0.2) is 20.8 Å². The number of benzene rings is 2. The molecule has 3 rings (SSSR count). The van der Waals surface area contributed by atoms with Gasteiger partial charge in [-0.05, 0) is 24.3 Å². The molecular weight excluding hydrogens is 338 g/mol. The molecule has 0 radical (unpaired) electrons. The van der Waals surface area contributed by atoms with Crippen LogP contribution in [0.2, 0.25) is 0 Å². The number of hydrogen-bond donors (Lipinski definition) is 0. The molecule has 0 N–H and O–H groups in total. The lowest BCUT2D eigenvalue weighted by Crippen LogP contribution is -1.98. The number of nitro benzene ring substituents is 1. The predicted octanol–water partition coefficient (Wildman–Crippen LogP) is 3.82. The molecule has 0 aliphatic heterocycles. The van der Waals surface area contributed by atoms with Crippen molar-refractivity contribution in [3.63, 3.8) is 0 Å². The molecule has 2 aromatic carbocycles. The number of hydrogen-bond acceptors (Lipinski definition) is 7. The number of nitrogens with zero attached hydrogens (tertiary/aromatic N) is 3. The monoisotopic (exact) mass is 353 g/mol. The van der Waals surface area contributed by atoms with Gasteiger partial charge >= 0.3 is 0 Å². The van der Waals surface area contributed by atoms with E-state index in [1.807, 2.05) is 0 Å². The standard InChI is InChI=1S/C18H15N3O5/c1-2-16(22)12-6-8-15(9-7-12)25-11-17-19-18(20-26-17)13-4-3-5-14(10-13)21(23)24/h3-10H,2,11H2,1H3.